The maximum atomic E-state index is 10.5. The van der Waals surface area contributed by atoms with Crippen molar-refractivity contribution in [2.45, 2.75) is 6.42 Å². The van der Waals surface area contributed by atoms with Gasteiger partial charge in [0.15, 0.2) is 0 Å². The summed E-state index contributed by atoms with van der Waals surface area (Å²) in [5.74, 6) is -0.751. The van der Waals surface area contributed by atoms with Crippen LogP contribution in [0.4, 0.5) is 0 Å². The fourth-order valence-electron chi connectivity index (χ4n) is 1.31. The molecule has 0 radical (unpaired) electrons. The number of carbonyl (C=O) groups is 1. The molecule has 5 heteroatoms. The van der Waals surface area contributed by atoms with Gasteiger partial charge in [0.25, 0.3) is 0 Å². The topological polar surface area (TPSA) is 63.3 Å². The molecule has 0 aliphatic heterocycles. The van der Waals surface area contributed by atoms with Crippen molar-refractivity contribution in [1.82, 2.24) is 4.98 Å². The Labute approximate surface area is 100 Å². The number of benzene rings is 1. The lowest BCUT2D eigenvalue weighted by Gasteiger charge is -1.97. The Kier molecular flexibility index (Phi) is 3.05. The van der Waals surface area contributed by atoms with Gasteiger partial charge in [0.05, 0.1) is 0 Å². The third-order valence-electron chi connectivity index (χ3n) is 2.00. The molecule has 4 nitrogen and oxygen atoms in total. The monoisotopic (exact) mass is 281 g/mol. The molecule has 1 N–H and O–H groups in total. The van der Waals surface area contributed by atoms with Crippen LogP contribution in [0.1, 0.15) is 5.89 Å². The average Bonchev–Trinajstić information content (AvgIpc) is 2.66. The first-order valence-electron chi connectivity index (χ1n) is 4.58. The van der Waals surface area contributed by atoms with E-state index in [0.717, 1.165) is 10.0 Å². The summed E-state index contributed by atoms with van der Waals surface area (Å²) in [6.45, 7) is 0. The summed E-state index contributed by atoms with van der Waals surface area (Å²) in [6, 6.07) is 7.55. The highest BCUT2D eigenvalue weighted by Gasteiger charge is 2.11. The zero-order chi connectivity index (χ0) is 11.5. The number of rotatable bonds is 3. The normalized spacial score (nSPS) is 10.3. The molecule has 1 heterocycles. The van der Waals surface area contributed by atoms with Gasteiger partial charge in [-0.3, -0.25) is 4.79 Å². The molecule has 0 bridgehead atoms. The van der Waals surface area contributed by atoms with Crippen molar-refractivity contribution >= 4 is 21.9 Å². The zero-order valence-corrected chi connectivity index (χ0v) is 9.77. The second-order valence-electron chi connectivity index (χ2n) is 3.18. The third-order valence-corrected chi connectivity index (χ3v) is 2.70. The van der Waals surface area contributed by atoms with Gasteiger partial charge in [0, 0.05) is 10.0 Å². The Morgan fingerprint density at radius 2 is 2.19 bits per heavy atom. The summed E-state index contributed by atoms with van der Waals surface area (Å²) >= 11 is 3.40. The van der Waals surface area contributed by atoms with Gasteiger partial charge in [-0.05, 0) is 6.07 Å². The number of halogens is 1. The number of carboxylic acids is 1. The van der Waals surface area contributed by atoms with E-state index in [-0.39, 0.29) is 12.3 Å². The van der Waals surface area contributed by atoms with Crippen molar-refractivity contribution in [2.24, 2.45) is 0 Å². The van der Waals surface area contributed by atoms with Crippen LogP contribution in [0.5, 0.6) is 0 Å². The number of aliphatic carboxylic acids is 1. The van der Waals surface area contributed by atoms with Crippen LogP contribution in [-0.2, 0) is 11.2 Å². The molecule has 2 rings (SSSR count). The van der Waals surface area contributed by atoms with Gasteiger partial charge in [-0.25, -0.2) is 4.98 Å². The summed E-state index contributed by atoms with van der Waals surface area (Å²) in [7, 11) is 0. The van der Waals surface area contributed by atoms with Crippen molar-refractivity contribution in [1.29, 1.82) is 0 Å². The second-order valence-corrected chi connectivity index (χ2v) is 4.03. The highest BCUT2D eigenvalue weighted by molar-refractivity contribution is 9.10. The predicted octanol–water partition coefficient (Wildman–Crippen LogP) is 2.73. The summed E-state index contributed by atoms with van der Waals surface area (Å²) in [4.78, 5) is 14.6. The van der Waals surface area contributed by atoms with Gasteiger partial charge >= 0.3 is 5.97 Å². The Hall–Kier alpha value is -1.62. The number of hydrogen-bond donors (Lipinski definition) is 1. The van der Waals surface area contributed by atoms with Crippen molar-refractivity contribution in [3.63, 3.8) is 0 Å². The third kappa shape index (κ3) is 2.30. The minimum atomic E-state index is -0.958. The lowest BCUT2D eigenvalue weighted by atomic mass is 10.2. The van der Waals surface area contributed by atoms with Crippen molar-refractivity contribution in [3.05, 3.63) is 40.9 Å². The molecule has 1 aromatic heterocycles. The van der Waals surface area contributed by atoms with E-state index in [2.05, 4.69) is 20.9 Å². The van der Waals surface area contributed by atoms with Crippen LogP contribution in [0.15, 0.2) is 39.4 Å². The Bertz CT molecular complexity index is 521. The minimum absolute atomic E-state index is 0.204. The van der Waals surface area contributed by atoms with Crippen LogP contribution >= 0.6 is 15.9 Å². The first kappa shape index (κ1) is 10.9. The highest BCUT2D eigenvalue weighted by atomic mass is 79.9. The molecule has 0 saturated heterocycles. The number of hydrogen-bond acceptors (Lipinski definition) is 3. The second kappa shape index (κ2) is 4.49. The largest absolute Gasteiger partial charge is 0.481 e. The fourth-order valence-corrected chi connectivity index (χ4v) is 1.80. The molecule has 82 valence electrons. The first-order chi connectivity index (χ1) is 7.66. The Morgan fingerprint density at radius 3 is 2.88 bits per heavy atom. The van der Waals surface area contributed by atoms with E-state index < -0.39 is 5.97 Å². The van der Waals surface area contributed by atoms with Crippen LogP contribution < -0.4 is 0 Å². The van der Waals surface area contributed by atoms with Crippen LogP contribution in [-0.4, -0.2) is 16.1 Å². The van der Waals surface area contributed by atoms with E-state index in [4.69, 9.17) is 9.52 Å². The van der Waals surface area contributed by atoms with Crippen molar-refractivity contribution < 1.29 is 14.3 Å². The van der Waals surface area contributed by atoms with Crippen LogP contribution in [0.25, 0.3) is 11.3 Å². The smallest absolute Gasteiger partial charge is 0.312 e. The standard InChI is InChI=1S/C11H8BrNO3/c12-8-4-2-1-3-7(8)9-6-16-10(13-9)5-11(14)15/h1-4,6H,5H2,(H,14,15). The van der Waals surface area contributed by atoms with E-state index in [0.29, 0.717) is 5.69 Å². The maximum Gasteiger partial charge on any atom is 0.312 e. The lowest BCUT2D eigenvalue weighted by molar-refractivity contribution is -0.136. The summed E-state index contributed by atoms with van der Waals surface area (Å²) in [6.07, 6.45) is 1.25. The number of aromatic nitrogens is 1. The number of nitrogens with zero attached hydrogens (tertiary/aromatic N) is 1. The zero-order valence-electron chi connectivity index (χ0n) is 8.18. The van der Waals surface area contributed by atoms with Crippen LogP contribution in [0.3, 0.4) is 0 Å². The number of carboxylic acid groups (broad SMARTS) is 1. The van der Waals surface area contributed by atoms with Gasteiger partial charge in [0.1, 0.15) is 18.4 Å². The Balaban J connectivity index is 2.32. The average molecular weight is 282 g/mol. The van der Waals surface area contributed by atoms with Crippen molar-refractivity contribution in [3.8, 4) is 11.3 Å². The summed E-state index contributed by atoms with van der Waals surface area (Å²) in [5.41, 5.74) is 1.51. The molecule has 1 aromatic carbocycles. The van der Waals surface area contributed by atoms with E-state index in [1.165, 1.54) is 6.26 Å². The van der Waals surface area contributed by atoms with E-state index in [1.54, 1.807) is 0 Å². The van der Waals surface area contributed by atoms with E-state index in [1.807, 2.05) is 24.3 Å². The molecule has 0 fully saturated rings. The summed E-state index contributed by atoms with van der Waals surface area (Å²) in [5, 5.41) is 8.59. The van der Waals surface area contributed by atoms with Gasteiger partial charge in [-0.15, -0.1) is 0 Å². The SMILES string of the molecule is O=C(O)Cc1nc(-c2ccccc2Br)co1. The molecule has 0 aliphatic carbocycles. The maximum absolute atomic E-state index is 10.5. The number of oxazole rings is 1. The molecule has 2 aromatic rings. The lowest BCUT2D eigenvalue weighted by Crippen LogP contribution is -1.99. The van der Waals surface area contributed by atoms with Gasteiger partial charge in [-0.2, -0.15) is 0 Å². The first-order valence-corrected chi connectivity index (χ1v) is 5.37. The molecule has 0 saturated carbocycles. The minimum Gasteiger partial charge on any atom is -0.481 e. The molecule has 0 atom stereocenters. The molecule has 16 heavy (non-hydrogen) atoms. The van der Waals surface area contributed by atoms with Crippen molar-refractivity contribution in [2.75, 3.05) is 0 Å². The van der Waals surface area contributed by atoms with Gasteiger partial charge < -0.3 is 9.52 Å². The Morgan fingerprint density at radius 1 is 1.44 bits per heavy atom. The quantitative estimate of drug-likeness (QED) is 0.940. The molecular formula is C11H8BrNO3. The van der Waals surface area contributed by atoms with Gasteiger partial charge in [0.2, 0.25) is 5.89 Å². The van der Waals surface area contributed by atoms with E-state index in [9.17, 15) is 4.79 Å². The van der Waals surface area contributed by atoms with Crippen LogP contribution in [0, 0.1) is 0 Å². The fraction of sp³-hybridized carbons (Fsp3) is 0.0909. The molecule has 0 amide bonds. The molecule has 0 aliphatic rings. The molecular weight excluding hydrogens is 274 g/mol. The molecule has 0 spiro atoms. The van der Waals surface area contributed by atoms with Crippen LogP contribution in [0.2, 0.25) is 0 Å². The predicted molar refractivity (Wildman–Crippen MR) is 61.0 cm³/mol. The molecule has 0 unspecified atom stereocenters. The summed E-state index contributed by atoms with van der Waals surface area (Å²) < 4.78 is 5.97. The van der Waals surface area contributed by atoms with E-state index >= 15 is 0 Å². The van der Waals surface area contributed by atoms with Gasteiger partial charge in [-0.1, -0.05) is 34.1 Å². The highest BCUT2D eigenvalue weighted by Crippen LogP contribution is 2.27.